The highest BCUT2D eigenvalue weighted by Gasteiger charge is 2.47. The highest BCUT2D eigenvalue weighted by molar-refractivity contribution is 5.66. The molecule has 3 unspecified atom stereocenters. The summed E-state index contributed by atoms with van der Waals surface area (Å²) in [7, 11) is 0. The van der Waals surface area contributed by atoms with Crippen LogP contribution < -0.4 is 0 Å². The summed E-state index contributed by atoms with van der Waals surface area (Å²) < 4.78 is 11.9. The maximum Gasteiger partial charge on any atom is 0.329 e. The van der Waals surface area contributed by atoms with Gasteiger partial charge in [-0.3, -0.25) is 9.59 Å². The van der Waals surface area contributed by atoms with Crippen LogP contribution in [-0.4, -0.2) is 40.8 Å². The zero-order valence-corrected chi connectivity index (χ0v) is 17.8. The van der Waals surface area contributed by atoms with E-state index in [4.69, 9.17) is 14.7 Å². The molecular weight excluding hydrogens is 364 g/mol. The lowest BCUT2D eigenvalue weighted by Gasteiger charge is -2.26. The number of esters is 2. The Hall–Kier alpha value is -2.88. The van der Waals surface area contributed by atoms with Crippen molar-refractivity contribution in [3.05, 3.63) is 0 Å². The zero-order valence-electron chi connectivity index (χ0n) is 17.8. The third-order valence-corrected chi connectivity index (χ3v) is 3.36. The highest BCUT2D eigenvalue weighted by atomic mass is 16.6. The molecule has 0 rings (SSSR count). The summed E-state index contributed by atoms with van der Waals surface area (Å²) in [6.45, 7) is 12.2. The Morgan fingerprint density at radius 2 is 1.57 bits per heavy atom. The van der Waals surface area contributed by atoms with Crippen molar-refractivity contribution in [1.29, 1.82) is 10.5 Å². The maximum absolute atomic E-state index is 11.6. The normalized spacial score (nSPS) is 15.9. The summed E-state index contributed by atoms with van der Waals surface area (Å²) in [5, 5.41) is 30.9. The van der Waals surface area contributed by atoms with Crippen molar-refractivity contribution in [2.75, 3.05) is 6.54 Å². The second kappa shape index (κ2) is 10.5. The number of azo groups is 3. The van der Waals surface area contributed by atoms with Crippen LogP contribution in [-0.2, 0) is 19.1 Å². The topological polar surface area (TPSA) is 140 Å². The molecule has 0 saturated carbocycles. The second-order valence-corrected chi connectivity index (χ2v) is 7.33. The van der Waals surface area contributed by atoms with Crippen LogP contribution in [0.25, 0.3) is 0 Å². The van der Waals surface area contributed by atoms with Gasteiger partial charge in [-0.2, -0.15) is 15.6 Å². The molecule has 10 nitrogen and oxygen atoms in total. The average molecular weight is 393 g/mol. The lowest BCUT2D eigenvalue weighted by atomic mass is 10.1. The van der Waals surface area contributed by atoms with Gasteiger partial charge in [0.15, 0.2) is 0 Å². The van der Waals surface area contributed by atoms with Gasteiger partial charge in [0.1, 0.15) is 5.92 Å². The largest absolute Gasteiger partial charge is 0.432 e. The predicted molar refractivity (Wildman–Crippen MR) is 97.4 cm³/mol. The van der Waals surface area contributed by atoms with E-state index >= 15 is 0 Å². The number of nitriles is 2. The van der Waals surface area contributed by atoms with Crippen LogP contribution in [0.2, 0.25) is 0 Å². The third-order valence-electron chi connectivity index (χ3n) is 3.36. The quantitative estimate of drug-likeness (QED) is 0.255. The van der Waals surface area contributed by atoms with Crippen LogP contribution >= 0.6 is 0 Å². The molecule has 0 aromatic carbocycles. The first-order chi connectivity index (χ1) is 12.8. The van der Waals surface area contributed by atoms with Gasteiger partial charge in [-0.1, -0.05) is 4.70 Å². The highest BCUT2D eigenvalue weighted by Crippen LogP contribution is 2.25. The predicted octanol–water partition coefficient (Wildman–Crippen LogP) is 3.15. The molecule has 0 aliphatic carbocycles. The van der Waals surface area contributed by atoms with E-state index in [0.717, 1.165) is 0 Å². The number of nitrogens with zero attached hydrogens (tertiary/aromatic N) is 6. The summed E-state index contributed by atoms with van der Waals surface area (Å²) in [6, 6.07) is 4.13. The average Bonchev–Trinajstić information content (AvgIpc) is 2.53. The molecule has 0 aromatic heterocycles. The van der Waals surface area contributed by atoms with E-state index in [1.807, 2.05) is 6.07 Å². The molecule has 0 radical (unpaired) electrons. The van der Waals surface area contributed by atoms with Gasteiger partial charge < -0.3 is 9.47 Å². The molecule has 0 aliphatic rings. The fourth-order valence-corrected chi connectivity index (χ4v) is 2.25. The van der Waals surface area contributed by atoms with Gasteiger partial charge in [0, 0.05) is 46.7 Å². The number of hydrogen-bond donors (Lipinski definition) is 0. The molecule has 0 fully saturated rings. The van der Waals surface area contributed by atoms with E-state index in [2.05, 4.69) is 21.4 Å². The Kier molecular flexibility index (Phi) is 9.38. The van der Waals surface area contributed by atoms with E-state index < -0.39 is 35.5 Å². The fraction of sp³-hybridized carbons (Fsp3) is 0.778. The van der Waals surface area contributed by atoms with Crippen molar-refractivity contribution in [2.45, 2.75) is 73.0 Å². The molecule has 0 N–H and O–H groups in total. The number of hydrogen-bond acceptors (Lipinski definition) is 9. The molecule has 0 spiro atoms. The summed E-state index contributed by atoms with van der Waals surface area (Å²) >= 11 is 0. The van der Waals surface area contributed by atoms with Crippen LogP contribution in [0.5, 0.6) is 0 Å². The fourth-order valence-electron chi connectivity index (χ4n) is 2.25. The molecule has 0 heterocycles. The van der Waals surface area contributed by atoms with Gasteiger partial charge in [-0.05, 0) is 13.8 Å². The molecular formula is C18H29N6O4+. The first-order valence-electron chi connectivity index (χ1n) is 8.83. The van der Waals surface area contributed by atoms with E-state index in [1.165, 1.54) is 18.5 Å². The Bertz CT molecular complexity index is 715. The molecule has 0 aromatic rings. The molecule has 0 amide bonds. The summed E-state index contributed by atoms with van der Waals surface area (Å²) in [4.78, 5) is 23.0. The van der Waals surface area contributed by atoms with Crippen LogP contribution in [0.15, 0.2) is 15.3 Å². The Morgan fingerprint density at radius 1 is 1.04 bits per heavy atom. The Balaban J connectivity index is 6.33. The van der Waals surface area contributed by atoms with Crippen LogP contribution in [0.1, 0.15) is 55.4 Å². The van der Waals surface area contributed by atoms with E-state index in [-0.39, 0.29) is 12.5 Å². The Labute approximate surface area is 165 Å². The molecule has 154 valence electrons. The number of ether oxygens (including phenoxy) is 2. The third kappa shape index (κ3) is 8.67. The lowest BCUT2D eigenvalue weighted by Crippen LogP contribution is -2.48. The molecule has 0 saturated heterocycles. The van der Waals surface area contributed by atoms with Crippen molar-refractivity contribution in [3.63, 3.8) is 0 Å². The van der Waals surface area contributed by atoms with E-state index in [1.54, 1.807) is 41.5 Å². The summed E-state index contributed by atoms with van der Waals surface area (Å²) in [6.07, 6.45) is -0.944. The summed E-state index contributed by atoms with van der Waals surface area (Å²) in [5.41, 5.74) is -2.63. The molecule has 0 bridgehead atoms. The minimum atomic E-state index is -1.32. The van der Waals surface area contributed by atoms with Crippen molar-refractivity contribution in [2.24, 2.45) is 27.2 Å². The van der Waals surface area contributed by atoms with Gasteiger partial charge in [-0.25, -0.2) is 0 Å². The number of rotatable bonds is 9. The van der Waals surface area contributed by atoms with Crippen LogP contribution in [0.3, 0.4) is 0 Å². The van der Waals surface area contributed by atoms with E-state index in [0.29, 0.717) is 0 Å². The number of carbonyl (C=O) groups is 2. The Morgan fingerprint density at radius 3 is 2.00 bits per heavy atom. The standard InChI is InChI=1S/C18H29N6O4/c1-12(9-19)11-21-22-16(13(2)10-20)24(18(7,8)28-15(4)26)23-17(5,6)27-14(3)25/h12-13,16H,11H2,1-8H3/q+1. The molecule has 28 heavy (non-hydrogen) atoms. The van der Waals surface area contributed by atoms with Crippen molar-refractivity contribution in [3.8, 4) is 12.1 Å². The zero-order chi connectivity index (χ0) is 22.1. The van der Waals surface area contributed by atoms with Crippen molar-refractivity contribution >= 4 is 11.9 Å². The maximum atomic E-state index is 11.6. The molecule has 10 heteroatoms. The monoisotopic (exact) mass is 393 g/mol. The SMILES string of the molecule is CC(=O)OC(C)(C)N=[N+](C(N=NCC(C)C#N)C(C)C#N)C(C)(C)OC(C)=O. The van der Waals surface area contributed by atoms with Gasteiger partial charge in [0.05, 0.1) is 24.6 Å². The second-order valence-electron chi connectivity index (χ2n) is 7.33. The van der Waals surface area contributed by atoms with E-state index in [9.17, 15) is 14.9 Å². The van der Waals surface area contributed by atoms with Crippen molar-refractivity contribution in [1.82, 2.24) is 0 Å². The first kappa shape index (κ1) is 25.1. The lowest BCUT2D eigenvalue weighted by molar-refractivity contribution is -0.735. The molecule has 0 aliphatic heterocycles. The van der Waals surface area contributed by atoms with Crippen LogP contribution in [0.4, 0.5) is 0 Å². The van der Waals surface area contributed by atoms with Crippen LogP contribution in [0, 0.1) is 34.5 Å². The van der Waals surface area contributed by atoms with Gasteiger partial charge in [0.2, 0.25) is 0 Å². The minimum Gasteiger partial charge on any atom is -0.432 e. The van der Waals surface area contributed by atoms with Gasteiger partial charge in [0.25, 0.3) is 5.72 Å². The summed E-state index contributed by atoms with van der Waals surface area (Å²) in [5.74, 6) is -2.17. The first-order valence-corrected chi connectivity index (χ1v) is 8.83. The van der Waals surface area contributed by atoms with Gasteiger partial charge >= 0.3 is 23.8 Å². The minimum absolute atomic E-state index is 0.139. The molecule has 3 atom stereocenters. The smallest absolute Gasteiger partial charge is 0.329 e. The number of carbonyl (C=O) groups excluding carboxylic acids is 2. The van der Waals surface area contributed by atoms with Crippen molar-refractivity contribution < 1.29 is 23.8 Å². The van der Waals surface area contributed by atoms with Gasteiger partial charge in [-0.15, -0.1) is 5.11 Å².